The minimum atomic E-state index is -0.453. The highest BCUT2D eigenvalue weighted by Crippen LogP contribution is 2.19. The van der Waals surface area contributed by atoms with Crippen LogP contribution in [-0.2, 0) is 4.84 Å². The number of hydrogen-bond donors (Lipinski definition) is 1. The molecule has 3 nitrogen and oxygen atoms in total. The second-order valence-corrected chi connectivity index (χ2v) is 3.83. The SMILES string of the molecule is CC1(C)N=CC(c2ccccc2)NO1. The summed E-state index contributed by atoms with van der Waals surface area (Å²) >= 11 is 0. The van der Waals surface area contributed by atoms with Crippen molar-refractivity contribution in [2.24, 2.45) is 4.99 Å². The number of hydroxylamine groups is 1. The number of hydrogen-bond acceptors (Lipinski definition) is 3. The molecule has 0 fully saturated rings. The third kappa shape index (κ3) is 2.00. The summed E-state index contributed by atoms with van der Waals surface area (Å²) in [5.74, 6) is 0. The first-order valence-electron chi connectivity index (χ1n) is 4.71. The molecule has 1 unspecified atom stereocenters. The van der Waals surface area contributed by atoms with Crippen molar-refractivity contribution in [2.75, 3.05) is 0 Å². The summed E-state index contributed by atoms with van der Waals surface area (Å²) in [6.07, 6.45) is 1.89. The quantitative estimate of drug-likeness (QED) is 0.735. The average Bonchev–Trinajstić information content (AvgIpc) is 2.19. The topological polar surface area (TPSA) is 33.6 Å². The minimum absolute atomic E-state index is 0.0595. The van der Waals surface area contributed by atoms with E-state index in [4.69, 9.17) is 4.84 Å². The molecular formula is C11H14N2O. The molecule has 0 radical (unpaired) electrons. The van der Waals surface area contributed by atoms with Gasteiger partial charge in [-0.15, -0.1) is 0 Å². The van der Waals surface area contributed by atoms with Gasteiger partial charge in [-0.1, -0.05) is 30.3 Å². The van der Waals surface area contributed by atoms with Crippen LogP contribution in [0.1, 0.15) is 25.5 Å². The fraction of sp³-hybridized carbons (Fsp3) is 0.364. The molecule has 0 saturated heterocycles. The summed E-state index contributed by atoms with van der Waals surface area (Å²) in [6.45, 7) is 3.83. The molecule has 0 aromatic heterocycles. The lowest BCUT2D eigenvalue weighted by molar-refractivity contribution is -0.0944. The maximum absolute atomic E-state index is 5.38. The molecule has 3 heteroatoms. The van der Waals surface area contributed by atoms with Crippen LogP contribution in [-0.4, -0.2) is 11.9 Å². The highest BCUT2D eigenvalue weighted by atomic mass is 16.7. The molecule has 1 aromatic carbocycles. The van der Waals surface area contributed by atoms with Gasteiger partial charge in [-0.25, -0.2) is 0 Å². The predicted octanol–water partition coefficient (Wildman–Crippen LogP) is 2.07. The van der Waals surface area contributed by atoms with E-state index in [9.17, 15) is 0 Å². The van der Waals surface area contributed by atoms with Gasteiger partial charge in [0.15, 0.2) is 5.72 Å². The van der Waals surface area contributed by atoms with E-state index in [0.29, 0.717) is 0 Å². The number of benzene rings is 1. The zero-order valence-electron chi connectivity index (χ0n) is 8.40. The summed E-state index contributed by atoms with van der Waals surface area (Å²) < 4.78 is 0. The van der Waals surface area contributed by atoms with Crippen molar-refractivity contribution in [3.05, 3.63) is 35.9 Å². The van der Waals surface area contributed by atoms with Crippen molar-refractivity contribution < 1.29 is 4.84 Å². The summed E-state index contributed by atoms with van der Waals surface area (Å²) in [4.78, 5) is 9.69. The highest BCUT2D eigenvalue weighted by molar-refractivity contribution is 5.67. The van der Waals surface area contributed by atoms with Crippen LogP contribution in [0.3, 0.4) is 0 Å². The van der Waals surface area contributed by atoms with Gasteiger partial charge in [-0.2, -0.15) is 5.48 Å². The Bertz CT molecular complexity index is 332. The van der Waals surface area contributed by atoms with Crippen LogP contribution in [0.15, 0.2) is 35.3 Å². The van der Waals surface area contributed by atoms with Crippen LogP contribution in [0.25, 0.3) is 0 Å². The van der Waals surface area contributed by atoms with E-state index in [2.05, 4.69) is 10.5 Å². The summed E-state index contributed by atoms with van der Waals surface area (Å²) in [7, 11) is 0. The lowest BCUT2D eigenvalue weighted by Gasteiger charge is -2.28. The maximum Gasteiger partial charge on any atom is 0.173 e. The van der Waals surface area contributed by atoms with Crippen LogP contribution >= 0.6 is 0 Å². The molecule has 0 saturated carbocycles. The molecule has 14 heavy (non-hydrogen) atoms. The minimum Gasteiger partial charge on any atom is -0.271 e. The van der Waals surface area contributed by atoms with E-state index in [-0.39, 0.29) is 6.04 Å². The van der Waals surface area contributed by atoms with Gasteiger partial charge in [0.2, 0.25) is 0 Å². The first kappa shape index (κ1) is 9.37. The van der Waals surface area contributed by atoms with Gasteiger partial charge in [-0.3, -0.25) is 9.83 Å². The Hall–Kier alpha value is -1.19. The third-order valence-electron chi connectivity index (χ3n) is 2.13. The fourth-order valence-corrected chi connectivity index (χ4v) is 1.33. The van der Waals surface area contributed by atoms with Gasteiger partial charge < -0.3 is 0 Å². The number of nitrogens with zero attached hydrogens (tertiary/aromatic N) is 1. The van der Waals surface area contributed by atoms with Crippen LogP contribution < -0.4 is 5.48 Å². The fourth-order valence-electron chi connectivity index (χ4n) is 1.33. The molecule has 1 heterocycles. The van der Waals surface area contributed by atoms with Crippen molar-refractivity contribution in [1.29, 1.82) is 0 Å². The molecule has 1 N–H and O–H groups in total. The molecule has 0 amide bonds. The normalized spacial score (nSPS) is 24.9. The standard InChI is InChI=1S/C11H14N2O/c1-11(2)12-8-10(13-14-11)9-6-4-3-5-7-9/h3-8,10,13H,1-2H3. The number of rotatable bonds is 1. The molecule has 74 valence electrons. The van der Waals surface area contributed by atoms with E-state index >= 15 is 0 Å². The van der Waals surface area contributed by atoms with Gasteiger partial charge >= 0.3 is 0 Å². The third-order valence-corrected chi connectivity index (χ3v) is 2.13. The van der Waals surface area contributed by atoms with Crippen molar-refractivity contribution in [3.63, 3.8) is 0 Å². The second-order valence-electron chi connectivity index (χ2n) is 3.83. The lowest BCUT2D eigenvalue weighted by Crippen LogP contribution is -2.38. The Morgan fingerprint density at radius 1 is 1.29 bits per heavy atom. The summed E-state index contributed by atoms with van der Waals surface area (Å²) in [5, 5.41) is 0. The van der Waals surface area contributed by atoms with Crippen LogP contribution in [0.5, 0.6) is 0 Å². The van der Waals surface area contributed by atoms with Gasteiger partial charge in [0.1, 0.15) is 0 Å². The molecule has 1 aliphatic heterocycles. The largest absolute Gasteiger partial charge is 0.271 e. The summed E-state index contributed by atoms with van der Waals surface area (Å²) in [5.41, 5.74) is 3.68. The van der Waals surface area contributed by atoms with Crippen molar-refractivity contribution in [2.45, 2.75) is 25.6 Å². The molecular weight excluding hydrogens is 176 g/mol. The molecule has 0 aliphatic carbocycles. The van der Waals surface area contributed by atoms with E-state index in [1.807, 2.05) is 50.4 Å². The van der Waals surface area contributed by atoms with Crippen molar-refractivity contribution >= 4 is 6.21 Å². The molecule has 0 spiro atoms. The Kier molecular flexibility index (Phi) is 2.35. The second kappa shape index (κ2) is 3.52. The van der Waals surface area contributed by atoms with Crippen molar-refractivity contribution in [3.8, 4) is 0 Å². The number of nitrogens with one attached hydrogen (secondary N) is 1. The van der Waals surface area contributed by atoms with Gasteiger partial charge in [0.05, 0.1) is 6.04 Å². The molecule has 1 aliphatic rings. The van der Waals surface area contributed by atoms with Crippen LogP contribution in [0.4, 0.5) is 0 Å². The highest BCUT2D eigenvalue weighted by Gasteiger charge is 2.23. The number of aliphatic imine (C=N–C) groups is 1. The summed E-state index contributed by atoms with van der Waals surface area (Å²) in [6, 6.07) is 10.2. The predicted molar refractivity (Wildman–Crippen MR) is 56.0 cm³/mol. The monoisotopic (exact) mass is 190 g/mol. The van der Waals surface area contributed by atoms with Gasteiger partial charge in [0.25, 0.3) is 0 Å². The molecule has 2 rings (SSSR count). The Balaban J connectivity index is 2.17. The van der Waals surface area contributed by atoms with E-state index in [1.54, 1.807) is 0 Å². The smallest absolute Gasteiger partial charge is 0.173 e. The van der Waals surface area contributed by atoms with Gasteiger partial charge in [0, 0.05) is 6.21 Å². The van der Waals surface area contributed by atoms with E-state index < -0.39 is 5.72 Å². The first-order valence-corrected chi connectivity index (χ1v) is 4.71. The van der Waals surface area contributed by atoms with E-state index in [1.165, 1.54) is 0 Å². The zero-order chi connectivity index (χ0) is 10.0. The Labute approximate surface area is 83.8 Å². The Morgan fingerprint density at radius 3 is 2.57 bits per heavy atom. The van der Waals surface area contributed by atoms with Gasteiger partial charge in [-0.05, 0) is 19.4 Å². The molecule has 0 bridgehead atoms. The maximum atomic E-state index is 5.38. The Morgan fingerprint density at radius 2 is 2.00 bits per heavy atom. The first-order chi connectivity index (χ1) is 6.67. The van der Waals surface area contributed by atoms with Crippen molar-refractivity contribution in [1.82, 2.24) is 5.48 Å². The lowest BCUT2D eigenvalue weighted by atomic mass is 10.1. The van der Waals surface area contributed by atoms with E-state index in [0.717, 1.165) is 5.56 Å². The van der Waals surface area contributed by atoms with Crippen LogP contribution in [0, 0.1) is 0 Å². The molecule has 1 aromatic rings. The zero-order valence-corrected chi connectivity index (χ0v) is 8.40. The van der Waals surface area contributed by atoms with Crippen LogP contribution in [0.2, 0.25) is 0 Å². The molecule has 1 atom stereocenters. The average molecular weight is 190 g/mol.